The molecule has 88 valence electrons. The van der Waals surface area contributed by atoms with Crippen molar-refractivity contribution in [1.29, 1.82) is 0 Å². The predicted molar refractivity (Wildman–Crippen MR) is 70.1 cm³/mol. The average Bonchev–Trinajstić information content (AvgIpc) is 2.29. The largest absolute Gasteiger partial charge is 0.508 e. The Labute approximate surface area is 109 Å². The third-order valence-electron chi connectivity index (χ3n) is 2.39. The molecule has 0 unspecified atom stereocenters. The van der Waals surface area contributed by atoms with Crippen molar-refractivity contribution in [3.05, 3.63) is 46.4 Å². The Morgan fingerprint density at radius 3 is 2.29 bits per heavy atom. The fraction of sp³-hybridized carbons (Fsp3) is 0.0769. The smallest absolute Gasteiger partial charge is 0.145 e. The van der Waals surface area contributed by atoms with Gasteiger partial charge in [0.1, 0.15) is 11.5 Å². The van der Waals surface area contributed by atoms with E-state index >= 15 is 0 Å². The standard InChI is InChI=1S/C13H10Cl2O2/c1-17-13-11(6-9(14)7-12(13)15)8-2-4-10(16)5-3-8/h2-7,16H,1H3. The zero-order chi connectivity index (χ0) is 12.4. The summed E-state index contributed by atoms with van der Waals surface area (Å²) in [4.78, 5) is 0. The number of hydrogen-bond acceptors (Lipinski definition) is 2. The summed E-state index contributed by atoms with van der Waals surface area (Å²) in [5.41, 5.74) is 1.68. The third-order valence-corrected chi connectivity index (χ3v) is 2.89. The summed E-state index contributed by atoms with van der Waals surface area (Å²) in [5.74, 6) is 0.780. The lowest BCUT2D eigenvalue weighted by Crippen LogP contribution is -1.89. The monoisotopic (exact) mass is 268 g/mol. The molecule has 1 N–H and O–H groups in total. The first-order chi connectivity index (χ1) is 8.11. The highest BCUT2D eigenvalue weighted by atomic mass is 35.5. The first kappa shape index (κ1) is 12.1. The molecule has 0 aliphatic heterocycles. The quantitative estimate of drug-likeness (QED) is 0.876. The summed E-state index contributed by atoms with van der Waals surface area (Å²) in [5, 5.41) is 10.3. The molecule has 0 atom stereocenters. The normalized spacial score (nSPS) is 10.3. The van der Waals surface area contributed by atoms with Crippen LogP contribution in [0.2, 0.25) is 10.0 Å². The van der Waals surface area contributed by atoms with Crippen LogP contribution < -0.4 is 4.74 Å². The molecule has 0 bridgehead atoms. The summed E-state index contributed by atoms with van der Waals surface area (Å²) in [6.07, 6.45) is 0. The number of benzene rings is 2. The summed E-state index contributed by atoms with van der Waals surface area (Å²) >= 11 is 12.0. The molecule has 0 aliphatic rings. The molecule has 0 spiro atoms. The van der Waals surface area contributed by atoms with Gasteiger partial charge < -0.3 is 9.84 Å². The lowest BCUT2D eigenvalue weighted by atomic mass is 10.0. The number of methoxy groups -OCH3 is 1. The maximum Gasteiger partial charge on any atom is 0.145 e. The molecule has 0 saturated carbocycles. The molecule has 0 amide bonds. The molecule has 0 saturated heterocycles. The van der Waals surface area contributed by atoms with Gasteiger partial charge in [-0.15, -0.1) is 0 Å². The van der Waals surface area contributed by atoms with Crippen LogP contribution in [0.3, 0.4) is 0 Å². The molecule has 2 nitrogen and oxygen atoms in total. The Morgan fingerprint density at radius 1 is 1.06 bits per heavy atom. The molecule has 0 heterocycles. The van der Waals surface area contributed by atoms with Crippen LogP contribution in [0.25, 0.3) is 11.1 Å². The molecular weight excluding hydrogens is 259 g/mol. The minimum atomic E-state index is 0.209. The van der Waals surface area contributed by atoms with Gasteiger partial charge in [0, 0.05) is 10.6 Å². The van der Waals surface area contributed by atoms with Crippen molar-refractivity contribution in [2.24, 2.45) is 0 Å². The summed E-state index contributed by atoms with van der Waals surface area (Å²) in [7, 11) is 1.55. The molecule has 17 heavy (non-hydrogen) atoms. The van der Waals surface area contributed by atoms with Gasteiger partial charge in [-0.1, -0.05) is 35.3 Å². The van der Waals surface area contributed by atoms with E-state index in [1.165, 1.54) is 0 Å². The second-order valence-electron chi connectivity index (χ2n) is 3.52. The fourth-order valence-electron chi connectivity index (χ4n) is 1.62. The predicted octanol–water partition coefficient (Wildman–Crippen LogP) is 4.37. The van der Waals surface area contributed by atoms with Gasteiger partial charge in [0.25, 0.3) is 0 Å². The third kappa shape index (κ3) is 2.48. The van der Waals surface area contributed by atoms with Gasteiger partial charge in [-0.2, -0.15) is 0 Å². The van der Waals surface area contributed by atoms with Gasteiger partial charge in [-0.05, 0) is 29.8 Å². The van der Waals surface area contributed by atoms with E-state index in [9.17, 15) is 5.11 Å². The van der Waals surface area contributed by atoms with Crippen LogP contribution >= 0.6 is 23.2 Å². The molecule has 0 radical (unpaired) electrons. The van der Waals surface area contributed by atoms with Crippen LogP contribution in [0.15, 0.2) is 36.4 Å². The molecule has 0 aliphatic carbocycles. The number of ether oxygens (including phenoxy) is 1. The van der Waals surface area contributed by atoms with Crippen molar-refractivity contribution < 1.29 is 9.84 Å². The Bertz CT molecular complexity index is 536. The molecule has 2 aromatic carbocycles. The van der Waals surface area contributed by atoms with Crippen LogP contribution in [0.4, 0.5) is 0 Å². The van der Waals surface area contributed by atoms with Crippen molar-refractivity contribution in [2.75, 3.05) is 7.11 Å². The van der Waals surface area contributed by atoms with E-state index in [2.05, 4.69) is 0 Å². The summed E-state index contributed by atoms with van der Waals surface area (Å²) < 4.78 is 5.26. The minimum Gasteiger partial charge on any atom is -0.508 e. The molecular formula is C13H10Cl2O2. The van der Waals surface area contributed by atoms with Crippen molar-refractivity contribution in [3.8, 4) is 22.6 Å². The highest BCUT2D eigenvalue weighted by Gasteiger charge is 2.11. The first-order valence-corrected chi connectivity index (χ1v) is 5.70. The van der Waals surface area contributed by atoms with E-state index < -0.39 is 0 Å². The van der Waals surface area contributed by atoms with E-state index in [4.69, 9.17) is 27.9 Å². The van der Waals surface area contributed by atoms with E-state index in [0.717, 1.165) is 11.1 Å². The number of halogens is 2. The van der Waals surface area contributed by atoms with Gasteiger partial charge in [-0.3, -0.25) is 0 Å². The highest BCUT2D eigenvalue weighted by molar-refractivity contribution is 6.36. The number of hydrogen-bond donors (Lipinski definition) is 1. The van der Waals surface area contributed by atoms with Crippen molar-refractivity contribution in [3.63, 3.8) is 0 Å². The molecule has 0 aromatic heterocycles. The Morgan fingerprint density at radius 2 is 1.71 bits per heavy atom. The Hall–Kier alpha value is -1.38. The van der Waals surface area contributed by atoms with E-state index in [0.29, 0.717) is 15.8 Å². The zero-order valence-electron chi connectivity index (χ0n) is 9.08. The SMILES string of the molecule is COc1c(Cl)cc(Cl)cc1-c1ccc(O)cc1. The average molecular weight is 269 g/mol. The van der Waals surface area contributed by atoms with E-state index in [-0.39, 0.29) is 5.75 Å². The second-order valence-corrected chi connectivity index (χ2v) is 4.36. The van der Waals surface area contributed by atoms with Crippen LogP contribution in [-0.4, -0.2) is 12.2 Å². The van der Waals surface area contributed by atoms with Crippen LogP contribution in [-0.2, 0) is 0 Å². The lowest BCUT2D eigenvalue weighted by Gasteiger charge is -2.11. The zero-order valence-corrected chi connectivity index (χ0v) is 10.6. The van der Waals surface area contributed by atoms with Gasteiger partial charge in [0.2, 0.25) is 0 Å². The van der Waals surface area contributed by atoms with E-state index in [1.807, 2.05) is 0 Å². The number of rotatable bonds is 2. The fourth-order valence-corrected chi connectivity index (χ4v) is 2.19. The number of aromatic hydroxyl groups is 1. The minimum absolute atomic E-state index is 0.209. The Kier molecular flexibility index (Phi) is 3.46. The first-order valence-electron chi connectivity index (χ1n) is 4.94. The Balaban J connectivity index is 2.61. The van der Waals surface area contributed by atoms with Gasteiger partial charge in [0.15, 0.2) is 0 Å². The molecule has 4 heteroatoms. The molecule has 2 rings (SSSR count). The number of phenolic OH excluding ortho intramolecular Hbond substituents is 1. The molecule has 0 fully saturated rings. The summed E-state index contributed by atoms with van der Waals surface area (Å²) in [6, 6.07) is 10.2. The topological polar surface area (TPSA) is 29.5 Å². The van der Waals surface area contributed by atoms with Gasteiger partial charge in [-0.25, -0.2) is 0 Å². The van der Waals surface area contributed by atoms with Crippen molar-refractivity contribution in [2.45, 2.75) is 0 Å². The van der Waals surface area contributed by atoms with Crippen LogP contribution in [0.5, 0.6) is 11.5 Å². The van der Waals surface area contributed by atoms with Crippen molar-refractivity contribution >= 4 is 23.2 Å². The number of phenols is 1. The van der Waals surface area contributed by atoms with E-state index in [1.54, 1.807) is 43.5 Å². The lowest BCUT2D eigenvalue weighted by molar-refractivity contribution is 0.416. The summed E-state index contributed by atoms with van der Waals surface area (Å²) in [6.45, 7) is 0. The maximum atomic E-state index is 9.26. The van der Waals surface area contributed by atoms with Gasteiger partial charge in [0.05, 0.1) is 12.1 Å². The highest BCUT2D eigenvalue weighted by Crippen LogP contribution is 2.39. The van der Waals surface area contributed by atoms with Crippen molar-refractivity contribution in [1.82, 2.24) is 0 Å². The second kappa shape index (κ2) is 4.86. The van der Waals surface area contributed by atoms with Crippen LogP contribution in [0, 0.1) is 0 Å². The van der Waals surface area contributed by atoms with Gasteiger partial charge >= 0.3 is 0 Å². The van der Waals surface area contributed by atoms with Crippen LogP contribution in [0.1, 0.15) is 0 Å². The maximum absolute atomic E-state index is 9.26. The molecule has 2 aromatic rings.